The van der Waals surface area contributed by atoms with Crippen molar-refractivity contribution in [3.63, 3.8) is 0 Å². The van der Waals surface area contributed by atoms with Gasteiger partial charge in [-0.25, -0.2) is 0 Å². The van der Waals surface area contributed by atoms with Gasteiger partial charge >= 0.3 is 0 Å². The molecule has 4 nitrogen and oxygen atoms in total. The summed E-state index contributed by atoms with van der Waals surface area (Å²) in [5.41, 5.74) is 0. The molecule has 144 valence electrons. The molecule has 0 heterocycles. The SMILES string of the molecule is C.C.C[Si](C)(C)O.C[Si](C)(C)O.C[Si](C)(C)O[Si](C)(C)C.O. The predicted octanol–water partition coefficient (Wildman–Crippen LogP) is 4.75. The summed E-state index contributed by atoms with van der Waals surface area (Å²) in [4.78, 5) is 17.3. The fourth-order valence-corrected chi connectivity index (χ4v) is 8.27. The molecule has 0 aromatic carbocycles. The Morgan fingerprint density at radius 1 is 0.500 bits per heavy atom. The van der Waals surface area contributed by atoms with E-state index in [0.29, 0.717) is 0 Å². The maximum atomic E-state index is 8.66. The van der Waals surface area contributed by atoms with Crippen molar-refractivity contribution in [1.82, 2.24) is 0 Å². The molecule has 0 saturated carbocycles. The number of hydrogen-bond donors (Lipinski definition) is 2. The molecule has 0 aliphatic heterocycles. The van der Waals surface area contributed by atoms with E-state index in [9.17, 15) is 0 Å². The normalized spacial score (nSPS) is 11.2. The van der Waals surface area contributed by atoms with Gasteiger partial charge in [0.1, 0.15) is 0 Å². The second kappa shape index (κ2) is 14.1. The first-order chi connectivity index (χ1) is 7.71. The molecule has 0 aromatic heterocycles. The maximum Gasteiger partial charge on any atom is 0.179 e. The van der Waals surface area contributed by atoms with Gasteiger partial charge < -0.3 is 19.2 Å². The lowest BCUT2D eigenvalue weighted by Crippen LogP contribution is -2.39. The molecule has 0 radical (unpaired) electrons. The summed E-state index contributed by atoms with van der Waals surface area (Å²) in [6.45, 7) is 24.7. The molecular weight excluding hydrogens is 344 g/mol. The van der Waals surface area contributed by atoms with Crippen LogP contribution in [0.4, 0.5) is 0 Å². The van der Waals surface area contributed by atoms with Crippen LogP contribution in [-0.4, -0.2) is 48.3 Å². The molecule has 0 aromatic rings. The standard InChI is InChI=1S/C6H18OSi2.2C3H10OSi.2CH4.H2O/c1-8(2,3)7-9(4,5)6;2*1-5(2,3)4;;;/h1-6H3;2*4H,1-3H3;2*1H4;1H2. The van der Waals surface area contributed by atoms with Gasteiger partial charge in [-0.3, -0.25) is 0 Å². The molecule has 0 amide bonds. The van der Waals surface area contributed by atoms with E-state index < -0.39 is 33.3 Å². The van der Waals surface area contributed by atoms with Crippen LogP contribution in [-0.2, 0) is 4.12 Å². The van der Waals surface area contributed by atoms with E-state index in [1.54, 1.807) is 0 Å². The Morgan fingerprint density at radius 3 is 0.591 bits per heavy atom. The largest absolute Gasteiger partial charge is 0.456 e. The Bertz CT molecular complexity index is 187. The van der Waals surface area contributed by atoms with Crippen molar-refractivity contribution in [2.24, 2.45) is 0 Å². The molecule has 0 rings (SSSR count). The van der Waals surface area contributed by atoms with Gasteiger partial charge in [0.25, 0.3) is 0 Å². The molecule has 0 aliphatic rings. The Kier molecular flexibility index (Phi) is 24.5. The molecule has 4 N–H and O–H groups in total. The second-order valence-electron chi connectivity index (χ2n) is 8.67. The zero-order valence-electron chi connectivity index (χ0n) is 15.8. The lowest BCUT2D eigenvalue weighted by molar-refractivity contribution is 0.558. The van der Waals surface area contributed by atoms with Crippen molar-refractivity contribution >= 4 is 33.3 Å². The first-order valence-electron chi connectivity index (χ1n) is 6.86. The van der Waals surface area contributed by atoms with E-state index >= 15 is 0 Å². The highest BCUT2D eigenvalue weighted by molar-refractivity contribution is 6.83. The van der Waals surface area contributed by atoms with Gasteiger partial charge in [-0.2, -0.15) is 0 Å². The molecule has 0 aliphatic carbocycles. The Morgan fingerprint density at radius 2 is 0.591 bits per heavy atom. The van der Waals surface area contributed by atoms with Crippen LogP contribution in [0.25, 0.3) is 0 Å². The predicted molar refractivity (Wildman–Crippen MR) is 116 cm³/mol. The minimum Gasteiger partial charge on any atom is -0.456 e. The van der Waals surface area contributed by atoms with Crippen molar-refractivity contribution in [3.8, 4) is 0 Å². The third-order valence-electron chi connectivity index (χ3n) is 0.612. The summed E-state index contributed by atoms with van der Waals surface area (Å²) in [6.07, 6.45) is 0. The van der Waals surface area contributed by atoms with Crippen LogP contribution in [0.2, 0.25) is 78.6 Å². The third kappa shape index (κ3) is 179. The lowest BCUT2D eigenvalue weighted by Gasteiger charge is -2.27. The Hall–Kier alpha value is 0.708. The first-order valence-corrected chi connectivity index (χ1v) is 20.6. The van der Waals surface area contributed by atoms with Crippen LogP contribution >= 0.6 is 0 Å². The average molecular weight is 393 g/mol. The topological polar surface area (TPSA) is 81.2 Å². The van der Waals surface area contributed by atoms with Crippen molar-refractivity contribution in [1.29, 1.82) is 0 Å². The minimum atomic E-state index is -1.61. The van der Waals surface area contributed by atoms with Crippen LogP contribution in [0.15, 0.2) is 0 Å². The zero-order valence-corrected chi connectivity index (χ0v) is 19.8. The number of hydrogen-bond acceptors (Lipinski definition) is 3. The van der Waals surface area contributed by atoms with Gasteiger partial charge in [0, 0.05) is 0 Å². The highest BCUT2D eigenvalue weighted by Crippen LogP contribution is 2.12. The Balaban J connectivity index is -0.0000000434. The van der Waals surface area contributed by atoms with Gasteiger partial charge in [-0.15, -0.1) is 0 Å². The quantitative estimate of drug-likeness (QED) is 0.665. The lowest BCUT2D eigenvalue weighted by atomic mass is 11.8. The molecule has 0 spiro atoms. The van der Waals surface area contributed by atoms with E-state index in [2.05, 4.69) is 39.3 Å². The highest BCUT2D eigenvalue weighted by atomic mass is 28.4. The molecule has 22 heavy (non-hydrogen) atoms. The molecule has 0 unspecified atom stereocenters. The minimum absolute atomic E-state index is 0. The monoisotopic (exact) mass is 392 g/mol. The molecule has 8 heteroatoms. The molecule has 0 saturated heterocycles. The number of rotatable bonds is 2. The molecule has 0 bridgehead atoms. The van der Waals surface area contributed by atoms with Crippen molar-refractivity contribution in [2.45, 2.75) is 93.4 Å². The van der Waals surface area contributed by atoms with Crippen LogP contribution in [0.3, 0.4) is 0 Å². The summed E-state index contributed by atoms with van der Waals surface area (Å²) >= 11 is 0. The van der Waals surface area contributed by atoms with Crippen LogP contribution in [0.1, 0.15) is 14.9 Å². The third-order valence-corrected chi connectivity index (χ3v) is 5.51. The van der Waals surface area contributed by atoms with Crippen LogP contribution in [0.5, 0.6) is 0 Å². The van der Waals surface area contributed by atoms with Gasteiger partial charge in [0.2, 0.25) is 0 Å². The van der Waals surface area contributed by atoms with Crippen LogP contribution in [0, 0.1) is 0 Å². The van der Waals surface area contributed by atoms with Gasteiger partial charge in [0.05, 0.1) is 0 Å². The van der Waals surface area contributed by atoms with Crippen molar-refractivity contribution in [3.05, 3.63) is 0 Å². The summed E-state index contributed by atoms with van der Waals surface area (Å²) in [6, 6.07) is 0. The average Bonchev–Trinajstić information content (AvgIpc) is 1.63. The van der Waals surface area contributed by atoms with Gasteiger partial charge in [-0.1, -0.05) is 14.9 Å². The van der Waals surface area contributed by atoms with E-state index in [4.69, 9.17) is 13.7 Å². The van der Waals surface area contributed by atoms with Crippen LogP contribution < -0.4 is 0 Å². The molecular formula is C14H48O4Si4. The van der Waals surface area contributed by atoms with E-state index in [0.717, 1.165) is 0 Å². The second-order valence-corrected chi connectivity index (χ2v) is 26.6. The van der Waals surface area contributed by atoms with E-state index in [1.165, 1.54) is 0 Å². The fraction of sp³-hybridized carbons (Fsp3) is 1.00. The summed E-state index contributed by atoms with van der Waals surface area (Å²) < 4.78 is 5.90. The van der Waals surface area contributed by atoms with E-state index in [1.807, 2.05) is 39.3 Å². The van der Waals surface area contributed by atoms with Gasteiger partial charge in [0.15, 0.2) is 33.3 Å². The van der Waals surface area contributed by atoms with E-state index in [-0.39, 0.29) is 20.3 Å². The van der Waals surface area contributed by atoms with Gasteiger partial charge in [-0.05, 0) is 78.6 Å². The summed E-state index contributed by atoms with van der Waals surface area (Å²) in [5.74, 6) is 0. The van der Waals surface area contributed by atoms with Crippen molar-refractivity contribution in [2.75, 3.05) is 0 Å². The molecule has 0 fully saturated rings. The fourth-order valence-electron chi connectivity index (χ4n) is 0.919. The maximum absolute atomic E-state index is 8.66. The molecule has 0 atom stereocenters. The van der Waals surface area contributed by atoms with Crippen molar-refractivity contribution < 1.29 is 19.2 Å². The smallest absolute Gasteiger partial charge is 0.179 e. The zero-order chi connectivity index (χ0) is 16.7. The Labute approximate surface area is 146 Å². The summed E-state index contributed by atoms with van der Waals surface area (Å²) in [5, 5.41) is 0. The summed E-state index contributed by atoms with van der Waals surface area (Å²) in [7, 11) is -5.68. The highest BCUT2D eigenvalue weighted by Gasteiger charge is 2.24. The first kappa shape index (κ1) is 38.3.